The van der Waals surface area contributed by atoms with Crippen LogP contribution < -0.4 is 21.3 Å². The van der Waals surface area contributed by atoms with Crippen molar-refractivity contribution in [2.75, 3.05) is 0 Å². The van der Waals surface area contributed by atoms with E-state index in [1.54, 1.807) is 37.3 Å². The van der Waals surface area contributed by atoms with Gasteiger partial charge in [0.2, 0.25) is 0 Å². The Bertz CT molecular complexity index is 1550. The number of ether oxygens (including phenoxy) is 1. The third kappa shape index (κ3) is 4.62. The second-order valence-electron chi connectivity index (χ2n) is 10.3. The van der Waals surface area contributed by atoms with Crippen molar-refractivity contribution in [2.24, 2.45) is 16.1 Å². The highest BCUT2D eigenvalue weighted by molar-refractivity contribution is 6.04. The largest absolute Gasteiger partial charge is 0.454 e. The van der Waals surface area contributed by atoms with Crippen LogP contribution in [-0.4, -0.2) is 22.1 Å². The molecule has 2 saturated carbocycles. The zero-order valence-corrected chi connectivity index (χ0v) is 21.5. The van der Waals surface area contributed by atoms with Crippen molar-refractivity contribution in [1.82, 2.24) is 15.4 Å². The first-order valence-corrected chi connectivity index (χ1v) is 13.0. The summed E-state index contributed by atoms with van der Waals surface area (Å²) in [6.45, 7) is 1.63. The molecule has 2 amide bonds. The van der Waals surface area contributed by atoms with Gasteiger partial charge in [0.25, 0.3) is 5.91 Å². The first-order chi connectivity index (χ1) is 18.9. The minimum Gasteiger partial charge on any atom is -0.454 e. The summed E-state index contributed by atoms with van der Waals surface area (Å²) in [6.07, 6.45) is 5.71. The summed E-state index contributed by atoms with van der Waals surface area (Å²) in [4.78, 5) is 29.0. The molecular weight excluding hydrogens is 497 g/mol. The molecule has 2 atom stereocenters. The van der Waals surface area contributed by atoms with E-state index in [1.807, 2.05) is 18.3 Å². The summed E-state index contributed by atoms with van der Waals surface area (Å²) in [6, 6.07) is 13.7. The lowest BCUT2D eigenvalue weighted by molar-refractivity contribution is -0.112. The Kier molecular flexibility index (Phi) is 6.29. The summed E-state index contributed by atoms with van der Waals surface area (Å²) in [5, 5.41) is 0. The van der Waals surface area contributed by atoms with Gasteiger partial charge in [0.15, 0.2) is 11.6 Å². The number of nitrogens with one attached hydrogen (secondary N) is 2. The molecule has 8 nitrogen and oxygen atoms in total. The van der Waals surface area contributed by atoms with Gasteiger partial charge in [-0.05, 0) is 80.2 Å². The normalized spacial score (nSPS) is 23.4. The van der Waals surface area contributed by atoms with Crippen molar-refractivity contribution in [3.05, 3.63) is 71.8 Å². The number of aliphatic imine (C=N–C) groups is 1. The van der Waals surface area contributed by atoms with Crippen molar-refractivity contribution in [3.63, 3.8) is 0 Å². The third-order valence-electron chi connectivity index (χ3n) is 7.97. The Labute approximate surface area is 225 Å². The number of halogens is 1. The number of rotatable bonds is 4. The highest BCUT2D eigenvalue weighted by Crippen LogP contribution is 2.64. The summed E-state index contributed by atoms with van der Waals surface area (Å²) in [5.41, 5.74) is 16.0. The molecule has 2 aliphatic carbocycles. The molecule has 39 heavy (non-hydrogen) atoms. The van der Waals surface area contributed by atoms with Gasteiger partial charge in [-0.1, -0.05) is 30.2 Å². The highest BCUT2D eigenvalue weighted by atomic mass is 19.1. The summed E-state index contributed by atoms with van der Waals surface area (Å²) in [5.74, 6) is 4.69. The summed E-state index contributed by atoms with van der Waals surface area (Å²) in [7, 11) is 0. The monoisotopic (exact) mass is 525 g/mol. The van der Waals surface area contributed by atoms with Crippen LogP contribution in [-0.2, 0) is 4.79 Å². The molecule has 3 aromatic rings. The predicted octanol–water partition coefficient (Wildman–Crippen LogP) is 4.79. The molecule has 198 valence electrons. The molecule has 3 aliphatic rings. The average molecular weight is 526 g/mol. The lowest BCUT2D eigenvalue weighted by Gasteiger charge is -2.26. The highest BCUT2D eigenvalue weighted by Gasteiger charge is 2.57. The molecule has 9 heteroatoms. The zero-order valence-electron chi connectivity index (χ0n) is 21.5. The van der Waals surface area contributed by atoms with E-state index < -0.39 is 12.0 Å². The minimum atomic E-state index is -0.575. The van der Waals surface area contributed by atoms with Crippen LogP contribution in [0.5, 0.6) is 11.5 Å². The maximum absolute atomic E-state index is 14.0. The number of hydrogen-bond donors (Lipinski definition) is 3. The fraction of sp³-hybridized carbons (Fsp3) is 0.300. The molecule has 1 aliphatic heterocycles. The van der Waals surface area contributed by atoms with Gasteiger partial charge >= 0.3 is 5.91 Å². The maximum Gasteiger partial charge on any atom is 0.321 e. The Hall–Kier alpha value is -4.26. The molecule has 2 fully saturated rings. The van der Waals surface area contributed by atoms with Gasteiger partial charge in [-0.2, -0.15) is 0 Å². The topological polar surface area (TPSA) is 111 Å². The Morgan fingerprint density at radius 3 is 2.64 bits per heavy atom. The van der Waals surface area contributed by atoms with E-state index >= 15 is 0 Å². The average Bonchev–Trinajstić information content (AvgIpc) is 3.46. The van der Waals surface area contributed by atoms with E-state index in [-0.39, 0.29) is 29.0 Å². The van der Waals surface area contributed by atoms with Crippen LogP contribution in [0.15, 0.2) is 59.7 Å². The van der Waals surface area contributed by atoms with E-state index in [4.69, 9.17) is 10.5 Å². The van der Waals surface area contributed by atoms with Gasteiger partial charge in [0.05, 0.1) is 0 Å². The predicted molar refractivity (Wildman–Crippen MR) is 144 cm³/mol. The van der Waals surface area contributed by atoms with Gasteiger partial charge in [-0.25, -0.2) is 14.8 Å². The van der Waals surface area contributed by atoms with Crippen LogP contribution in [0.3, 0.4) is 0 Å². The van der Waals surface area contributed by atoms with Gasteiger partial charge in [-0.3, -0.25) is 15.0 Å². The molecule has 2 unspecified atom stereocenters. The summed E-state index contributed by atoms with van der Waals surface area (Å²) < 4.78 is 21.8. The number of benzene rings is 2. The van der Waals surface area contributed by atoms with E-state index in [1.165, 1.54) is 6.07 Å². The number of amides is 2. The smallest absolute Gasteiger partial charge is 0.321 e. The molecule has 1 spiro atoms. The number of carbonyl (C=O) groups excluding carboxylic acids is 2. The first-order valence-electron chi connectivity index (χ1n) is 13.0. The van der Waals surface area contributed by atoms with Crippen LogP contribution in [0.2, 0.25) is 0 Å². The number of nitrogens with two attached hydrogens (primary N) is 1. The van der Waals surface area contributed by atoms with Gasteiger partial charge in [0.1, 0.15) is 17.6 Å². The van der Waals surface area contributed by atoms with E-state index in [2.05, 4.69) is 32.3 Å². The fourth-order valence-electron chi connectivity index (χ4n) is 5.89. The van der Waals surface area contributed by atoms with Gasteiger partial charge in [0, 0.05) is 29.1 Å². The molecule has 0 saturated heterocycles. The molecule has 1 aromatic heterocycles. The fourth-order valence-corrected chi connectivity index (χ4v) is 5.89. The van der Waals surface area contributed by atoms with E-state index in [0.29, 0.717) is 11.4 Å². The molecule has 2 aromatic carbocycles. The zero-order chi connectivity index (χ0) is 27.1. The maximum atomic E-state index is 14.0. The molecule has 0 radical (unpaired) electrons. The minimum absolute atomic E-state index is 0.0647. The first kappa shape index (κ1) is 25.0. The Balaban J connectivity index is 1.28. The van der Waals surface area contributed by atoms with E-state index in [0.717, 1.165) is 54.5 Å². The number of hydrogen-bond acceptors (Lipinski definition) is 5. The lowest BCUT2D eigenvalue weighted by atomic mass is 9.84. The van der Waals surface area contributed by atoms with Crippen molar-refractivity contribution >= 4 is 17.5 Å². The van der Waals surface area contributed by atoms with Gasteiger partial charge < -0.3 is 15.0 Å². The molecule has 0 bridgehead atoms. The molecule has 2 heterocycles. The quantitative estimate of drug-likeness (QED) is 0.425. The van der Waals surface area contributed by atoms with Crippen LogP contribution in [0.4, 0.5) is 4.39 Å². The van der Waals surface area contributed by atoms with E-state index in [9.17, 15) is 14.0 Å². The second-order valence-corrected chi connectivity index (χ2v) is 10.3. The lowest BCUT2D eigenvalue weighted by Crippen LogP contribution is -2.49. The molecular formula is C30H28FN5O3. The van der Waals surface area contributed by atoms with Gasteiger partial charge in [-0.15, -0.1) is 0 Å². The van der Waals surface area contributed by atoms with Crippen molar-refractivity contribution in [3.8, 4) is 34.5 Å². The molecule has 6 rings (SSSR count). The van der Waals surface area contributed by atoms with Crippen molar-refractivity contribution in [2.45, 2.75) is 51.2 Å². The molecule has 4 N–H and O–H groups in total. The number of hydrazine groups is 1. The number of nitrogens with zero attached hydrogens (tertiary/aromatic N) is 2. The number of fused-ring (bicyclic) bond motifs is 1. The number of para-hydroxylation sites is 1. The SMILES string of the molecule is CC#CC(=O)N=C1CCC2(CC1)CC2n1cc(-c2ccc(Oc3ccccc3F)cc2)c2c1C(=O)NNC2N. The van der Waals surface area contributed by atoms with Crippen molar-refractivity contribution in [1.29, 1.82) is 0 Å². The van der Waals surface area contributed by atoms with Crippen LogP contribution in [0.1, 0.15) is 67.3 Å². The van der Waals surface area contributed by atoms with Crippen LogP contribution in [0, 0.1) is 23.1 Å². The number of aromatic nitrogens is 1. The summed E-state index contributed by atoms with van der Waals surface area (Å²) >= 11 is 0. The Morgan fingerprint density at radius 1 is 1.18 bits per heavy atom. The van der Waals surface area contributed by atoms with Crippen molar-refractivity contribution < 1.29 is 18.7 Å². The second kappa shape index (κ2) is 9.80. The van der Waals surface area contributed by atoms with Crippen LogP contribution >= 0.6 is 0 Å². The third-order valence-corrected chi connectivity index (χ3v) is 7.97. The Morgan fingerprint density at radius 2 is 1.92 bits per heavy atom. The number of carbonyl (C=O) groups is 2. The van der Waals surface area contributed by atoms with Crippen LogP contribution in [0.25, 0.3) is 11.1 Å². The standard InChI is InChI=1S/C30H28FN5O3/c1-2-5-25(37)33-19-12-14-30(15-13-19)16-24(30)36-17-21(26-27(36)29(38)35-34-28(26)32)18-8-10-20(11-9-18)39-23-7-4-3-6-22(23)31/h3-4,6-11,17,24,28,34H,12-16,32H2,1H3,(H,35,38).